The number of halogens is 1. The van der Waals surface area contributed by atoms with E-state index in [0.717, 1.165) is 11.1 Å². The van der Waals surface area contributed by atoms with Crippen LogP contribution < -0.4 is 0 Å². The first-order chi connectivity index (χ1) is 12.4. The van der Waals surface area contributed by atoms with E-state index in [1.165, 1.54) is 12.1 Å². The Morgan fingerprint density at radius 2 is 2.08 bits per heavy atom. The number of aromatic nitrogens is 1. The third-order valence-electron chi connectivity index (χ3n) is 4.69. The summed E-state index contributed by atoms with van der Waals surface area (Å²) < 4.78 is 13.0. The summed E-state index contributed by atoms with van der Waals surface area (Å²) in [5, 5.41) is 10.9. The van der Waals surface area contributed by atoms with Crippen molar-refractivity contribution in [2.75, 3.05) is 26.7 Å². The smallest absolute Gasteiger partial charge is 0.227 e. The summed E-state index contributed by atoms with van der Waals surface area (Å²) in [7, 11) is 1.92. The number of carbonyl (C=O) groups is 1. The summed E-state index contributed by atoms with van der Waals surface area (Å²) in [5.41, 5.74) is 0.945. The van der Waals surface area contributed by atoms with Gasteiger partial charge in [0.25, 0.3) is 0 Å². The number of carbonyl (C=O) groups excluding carboxylic acids is 1. The average molecular weight is 357 g/mol. The van der Waals surface area contributed by atoms with Crippen LogP contribution in [0.25, 0.3) is 0 Å². The summed E-state index contributed by atoms with van der Waals surface area (Å²) in [5.74, 6) is -0.247. The molecule has 2 heterocycles. The number of aliphatic hydroxyl groups is 1. The van der Waals surface area contributed by atoms with Crippen LogP contribution in [-0.4, -0.2) is 58.1 Å². The zero-order valence-corrected chi connectivity index (χ0v) is 14.9. The molecule has 1 aromatic carbocycles. The number of likely N-dealkylation sites (tertiary alicyclic amines) is 1. The number of hydrogen-bond donors (Lipinski definition) is 1. The van der Waals surface area contributed by atoms with E-state index in [9.17, 15) is 14.3 Å². The van der Waals surface area contributed by atoms with Gasteiger partial charge in [0.1, 0.15) is 5.82 Å². The monoisotopic (exact) mass is 357 g/mol. The fourth-order valence-electron chi connectivity index (χ4n) is 3.45. The largest absolute Gasteiger partial charge is 0.387 e. The molecule has 1 aliphatic rings. The molecule has 0 aliphatic carbocycles. The van der Waals surface area contributed by atoms with Gasteiger partial charge in [0.15, 0.2) is 0 Å². The predicted octanol–water partition coefficient (Wildman–Crippen LogP) is 1.86. The summed E-state index contributed by atoms with van der Waals surface area (Å²) in [4.78, 5) is 20.2. The second-order valence-electron chi connectivity index (χ2n) is 7.13. The van der Waals surface area contributed by atoms with E-state index in [0.29, 0.717) is 39.0 Å². The van der Waals surface area contributed by atoms with Crippen LogP contribution in [0.2, 0.25) is 0 Å². The van der Waals surface area contributed by atoms with Crippen molar-refractivity contribution in [1.82, 2.24) is 14.8 Å². The molecular formula is C20H24FN3O2. The van der Waals surface area contributed by atoms with E-state index >= 15 is 0 Å². The van der Waals surface area contributed by atoms with Gasteiger partial charge in [-0.15, -0.1) is 0 Å². The highest BCUT2D eigenvalue weighted by Gasteiger charge is 2.38. The highest BCUT2D eigenvalue weighted by molar-refractivity contribution is 5.79. The third-order valence-corrected chi connectivity index (χ3v) is 4.69. The Bertz CT molecular complexity index is 738. The molecule has 2 aromatic rings. The topological polar surface area (TPSA) is 56.7 Å². The standard InChI is InChI=1S/C20H24FN3O2/c1-23(13-16-4-6-18(21)7-5-16)14-20(26)8-10-24(15-20)19(25)11-17-3-2-9-22-12-17/h2-7,9,12,26H,8,10-11,13-15H2,1H3/t20-/m1/s1. The van der Waals surface area contributed by atoms with Gasteiger partial charge in [0.05, 0.1) is 18.6 Å². The van der Waals surface area contributed by atoms with E-state index in [1.54, 1.807) is 29.4 Å². The van der Waals surface area contributed by atoms with Crippen molar-refractivity contribution in [3.8, 4) is 0 Å². The van der Waals surface area contributed by atoms with Gasteiger partial charge in [-0.05, 0) is 42.8 Å². The van der Waals surface area contributed by atoms with Crippen LogP contribution in [0.1, 0.15) is 17.5 Å². The predicted molar refractivity (Wildman–Crippen MR) is 96.8 cm³/mol. The van der Waals surface area contributed by atoms with Crippen molar-refractivity contribution in [1.29, 1.82) is 0 Å². The maximum Gasteiger partial charge on any atom is 0.227 e. The van der Waals surface area contributed by atoms with Crippen LogP contribution in [0.5, 0.6) is 0 Å². The molecule has 0 unspecified atom stereocenters. The van der Waals surface area contributed by atoms with Crippen LogP contribution in [0.3, 0.4) is 0 Å². The highest BCUT2D eigenvalue weighted by Crippen LogP contribution is 2.23. The van der Waals surface area contributed by atoms with E-state index in [1.807, 2.05) is 24.1 Å². The van der Waals surface area contributed by atoms with Crippen molar-refractivity contribution >= 4 is 5.91 Å². The van der Waals surface area contributed by atoms with E-state index in [4.69, 9.17) is 0 Å². The molecule has 3 rings (SSSR count). The minimum Gasteiger partial charge on any atom is -0.387 e. The lowest BCUT2D eigenvalue weighted by Crippen LogP contribution is -2.44. The molecule has 0 bridgehead atoms. The zero-order valence-electron chi connectivity index (χ0n) is 14.9. The molecule has 1 aliphatic heterocycles. The maximum atomic E-state index is 13.0. The Balaban J connectivity index is 1.52. The van der Waals surface area contributed by atoms with Gasteiger partial charge >= 0.3 is 0 Å². The lowest BCUT2D eigenvalue weighted by atomic mass is 10.0. The van der Waals surface area contributed by atoms with E-state index < -0.39 is 5.60 Å². The van der Waals surface area contributed by atoms with Crippen molar-refractivity contribution in [2.45, 2.75) is 25.0 Å². The number of hydrogen-bond acceptors (Lipinski definition) is 4. The second kappa shape index (κ2) is 7.93. The van der Waals surface area contributed by atoms with Crippen molar-refractivity contribution in [3.05, 3.63) is 65.7 Å². The molecule has 1 aromatic heterocycles. The molecule has 1 fully saturated rings. The van der Waals surface area contributed by atoms with Gasteiger partial charge in [-0.3, -0.25) is 14.7 Å². The summed E-state index contributed by atoms with van der Waals surface area (Å²) in [6.45, 7) is 1.97. The maximum absolute atomic E-state index is 13.0. The van der Waals surface area contributed by atoms with Gasteiger partial charge in [-0.1, -0.05) is 18.2 Å². The number of pyridine rings is 1. The fourth-order valence-corrected chi connectivity index (χ4v) is 3.45. The third kappa shape index (κ3) is 4.86. The van der Waals surface area contributed by atoms with E-state index in [2.05, 4.69) is 4.98 Å². The van der Waals surface area contributed by atoms with Gasteiger partial charge in [-0.2, -0.15) is 0 Å². The number of β-amino-alcohol motifs (C(OH)–C–C–N with tert-alkyl or cyclic N) is 1. The lowest BCUT2D eigenvalue weighted by molar-refractivity contribution is -0.130. The van der Waals surface area contributed by atoms with Crippen LogP contribution >= 0.6 is 0 Å². The van der Waals surface area contributed by atoms with Gasteiger partial charge in [0, 0.05) is 32.0 Å². The van der Waals surface area contributed by atoms with Crippen molar-refractivity contribution in [3.63, 3.8) is 0 Å². The van der Waals surface area contributed by atoms with Crippen molar-refractivity contribution in [2.24, 2.45) is 0 Å². The number of likely N-dealkylation sites (N-methyl/N-ethyl adjacent to an activating group) is 1. The molecule has 0 spiro atoms. The Hall–Kier alpha value is -2.31. The van der Waals surface area contributed by atoms with Crippen LogP contribution in [0.15, 0.2) is 48.8 Å². The molecule has 5 nitrogen and oxygen atoms in total. The van der Waals surface area contributed by atoms with Crippen LogP contribution in [0.4, 0.5) is 4.39 Å². The Labute approximate surface area is 153 Å². The fraction of sp³-hybridized carbons (Fsp3) is 0.400. The molecule has 1 atom stereocenters. The Morgan fingerprint density at radius 3 is 2.77 bits per heavy atom. The first-order valence-corrected chi connectivity index (χ1v) is 8.76. The molecule has 1 amide bonds. The molecule has 138 valence electrons. The molecule has 6 heteroatoms. The minimum absolute atomic E-state index is 0.00936. The van der Waals surface area contributed by atoms with Gasteiger partial charge in [0.2, 0.25) is 5.91 Å². The van der Waals surface area contributed by atoms with Gasteiger partial charge < -0.3 is 10.0 Å². The average Bonchev–Trinajstić information content (AvgIpc) is 2.99. The van der Waals surface area contributed by atoms with Gasteiger partial charge in [-0.25, -0.2) is 4.39 Å². The molecular weight excluding hydrogens is 333 g/mol. The summed E-state index contributed by atoms with van der Waals surface area (Å²) >= 11 is 0. The van der Waals surface area contributed by atoms with E-state index in [-0.39, 0.29) is 11.7 Å². The summed E-state index contributed by atoms with van der Waals surface area (Å²) in [6.07, 6.45) is 4.23. The molecule has 0 saturated carbocycles. The molecule has 1 N–H and O–H groups in total. The quantitative estimate of drug-likeness (QED) is 0.857. The zero-order chi connectivity index (χ0) is 18.6. The number of rotatable bonds is 6. The Morgan fingerprint density at radius 1 is 1.31 bits per heavy atom. The molecule has 0 radical (unpaired) electrons. The number of amides is 1. The highest BCUT2D eigenvalue weighted by atomic mass is 19.1. The number of nitrogens with zero attached hydrogens (tertiary/aromatic N) is 3. The first-order valence-electron chi connectivity index (χ1n) is 8.76. The van der Waals surface area contributed by atoms with Crippen LogP contribution in [0, 0.1) is 5.82 Å². The normalized spacial score (nSPS) is 19.9. The first kappa shape index (κ1) is 18.5. The lowest BCUT2D eigenvalue weighted by Gasteiger charge is -2.29. The minimum atomic E-state index is -0.917. The summed E-state index contributed by atoms with van der Waals surface area (Å²) in [6, 6.07) is 10.1. The molecule has 26 heavy (non-hydrogen) atoms. The Kier molecular flexibility index (Phi) is 5.64. The molecule has 1 saturated heterocycles. The number of benzene rings is 1. The SMILES string of the molecule is CN(Cc1ccc(F)cc1)C[C@]1(O)CCN(C(=O)Cc2cccnc2)C1. The van der Waals surface area contributed by atoms with Crippen LogP contribution in [-0.2, 0) is 17.8 Å². The van der Waals surface area contributed by atoms with Crippen molar-refractivity contribution < 1.29 is 14.3 Å². The second-order valence-corrected chi connectivity index (χ2v) is 7.13.